The van der Waals surface area contributed by atoms with Gasteiger partial charge in [-0.2, -0.15) is 0 Å². The third-order valence-corrected chi connectivity index (χ3v) is 4.23. The van der Waals surface area contributed by atoms with Crippen LogP contribution in [0.25, 0.3) is 11.0 Å². The lowest BCUT2D eigenvalue weighted by molar-refractivity contribution is 0.400. The number of fused-ring (bicyclic) bond motifs is 1. The van der Waals surface area contributed by atoms with Crippen molar-refractivity contribution in [3.8, 4) is 0 Å². The molecule has 2 N–H and O–H groups in total. The topological polar surface area (TPSA) is 78.1 Å². The lowest BCUT2D eigenvalue weighted by Gasteiger charge is -2.10. The molecule has 6 nitrogen and oxygen atoms in total. The lowest BCUT2D eigenvalue weighted by Crippen LogP contribution is -2.27. The van der Waals surface area contributed by atoms with Crippen molar-refractivity contribution in [1.29, 1.82) is 0 Å². The van der Waals surface area contributed by atoms with Gasteiger partial charge < -0.3 is 9.88 Å². The Morgan fingerprint density at radius 1 is 1.37 bits per heavy atom. The van der Waals surface area contributed by atoms with Crippen LogP contribution in [-0.4, -0.2) is 50.5 Å². The van der Waals surface area contributed by atoms with Crippen LogP contribution in [0.4, 0.5) is 0 Å². The Hall–Kier alpha value is -1.44. The number of imidazole rings is 1. The molecule has 0 fully saturated rings. The molecule has 1 aromatic heterocycles. The Labute approximate surface area is 112 Å². The van der Waals surface area contributed by atoms with E-state index in [2.05, 4.69) is 14.7 Å². The summed E-state index contributed by atoms with van der Waals surface area (Å²) in [6.07, 6.45) is 2.32. The minimum absolute atomic E-state index is 0.258. The quantitative estimate of drug-likeness (QED) is 0.768. The summed E-state index contributed by atoms with van der Waals surface area (Å²) >= 11 is 0. The fourth-order valence-corrected chi connectivity index (χ4v) is 2.87. The highest BCUT2D eigenvalue weighted by Crippen LogP contribution is 2.15. The van der Waals surface area contributed by atoms with Crippen LogP contribution >= 0.6 is 0 Å². The van der Waals surface area contributed by atoms with Gasteiger partial charge in [-0.05, 0) is 45.3 Å². The maximum atomic E-state index is 12.1. The van der Waals surface area contributed by atoms with E-state index in [4.69, 9.17) is 0 Å². The number of benzene rings is 1. The van der Waals surface area contributed by atoms with E-state index < -0.39 is 10.0 Å². The number of rotatable bonds is 6. The van der Waals surface area contributed by atoms with E-state index in [1.807, 2.05) is 19.0 Å². The van der Waals surface area contributed by atoms with Crippen LogP contribution in [0, 0.1) is 0 Å². The number of hydrogen-bond acceptors (Lipinski definition) is 4. The molecule has 0 saturated heterocycles. The third kappa shape index (κ3) is 3.52. The summed E-state index contributed by atoms with van der Waals surface area (Å²) in [7, 11) is 0.474. The van der Waals surface area contributed by atoms with Gasteiger partial charge in [-0.1, -0.05) is 0 Å². The maximum absolute atomic E-state index is 12.1. The van der Waals surface area contributed by atoms with Crippen LogP contribution in [0.3, 0.4) is 0 Å². The number of nitrogens with one attached hydrogen (secondary N) is 2. The van der Waals surface area contributed by atoms with Crippen molar-refractivity contribution in [2.24, 2.45) is 0 Å². The smallest absolute Gasteiger partial charge is 0.240 e. The molecule has 19 heavy (non-hydrogen) atoms. The van der Waals surface area contributed by atoms with Crippen LogP contribution in [-0.2, 0) is 10.0 Å². The molecule has 0 aliphatic carbocycles. The Kier molecular flexibility index (Phi) is 4.18. The SMILES string of the molecule is CN(C)CCCNS(=O)(=O)c1ccc2nc[nH]c2c1. The van der Waals surface area contributed by atoms with E-state index in [0.717, 1.165) is 24.0 Å². The van der Waals surface area contributed by atoms with Gasteiger partial charge in [-0.3, -0.25) is 0 Å². The van der Waals surface area contributed by atoms with E-state index in [-0.39, 0.29) is 4.90 Å². The van der Waals surface area contributed by atoms with E-state index in [1.165, 1.54) is 0 Å². The van der Waals surface area contributed by atoms with Gasteiger partial charge in [-0.15, -0.1) is 0 Å². The molecule has 0 radical (unpaired) electrons. The molecule has 0 spiro atoms. The van der Waals surface area contributed by atoms with Crippen LogP contribution < -0.4 is 4.72 Å². The zero-order valence-electron chi connectivity index (χ0n) is 11.0. The molecule has 1 heterocycles. The number of aromatic nitrogens is 2. The van der Waals surface area contributed by atoms with Crippen LogP contribution in [0.5, 0.6) is 0 Å². The molecular weight excluding hydrogens is 264 g/mol. The minimum atomic E-state index is -3.44. The van der Waals surface area contributed by atoms with Crippen molar-refractivity contribution >= 4 is 21.1 Å². The van der Waals surface area contributed by atoms with Crippen molar-refractivity contribution in [3.63, 3.8) is 0 Å². The lowest BCUT2D eigenvalue weighted by atomic mass is 10.3. The second-order valence-corrected chi connectivity index (χ2v) is 6.40. The predicted octanol–water partition coefficient (Wildman–Crippen LogP) is 0.793. The van der Waals surface area contributed by atoms with Crippen molar-refractivity contribution in [1.82, 2.24) is 19.6 Å². The predicted molar refractivity (Wildman–Crippen MR) is 74.5 cm³/mol. The van der Waals surface area contributed by atoms with Gasteiger partial charge in [0.1, 0.15) is 0 Å². The fraction of sp³-hybridized carbons (Fsp3) is 0.417. The van der Waals surface area contributed by atoms with Gasteiger partial charge in [0.05, 0.1) is 22.3 Å². The van der Waals surface area contributed by atoms with Crippen molar-refractivity contribution in [2.75, 3.05) is 27.2 Å². The molecule has 7 heteroatoms. The molecule has 0 aliphatic heterocycles. The van der Waals surface area contributed by atoms with Gasteiger partial charge in [0, 0.05) is 6.54 Å². The van der Waals surface area contributed by atoms with Crippen LogP contribution in [0.15, 0.2) is 29.4 Å². The zero-order chi connectivity index (χ0) is 13.9. The Morgan fingerprint density at radius 3 is 2.89 bits per heavy atom. The molecule has 1 aromatic carbocycles. The van der Waals surface area contributed by atoms with Crippen molar-refractivity contribution < 1.29 is 8.42 Å². The summed E-state index contributed by atoms with van der Waals surface area (Å²) in [6.45, 7) is 1.28. The number of nitrogens with zero attached hydrogens (tertiary/aromatic N) is 2. The summed E-state index contributed by atoms with van der Waals surface area (Å²) in [6, 6.07) is 4.86. The van der Waals surface area contributed by atoms with Crippen molar-refractivity contribution in [2.45, 2.75) is 11.3 Å². The zero-order valence-corrected chi connectivity index (χ0v) is 11.9. The Balaban J connectivity index is 2.06. The molecule has 0 aliphatic rings. The first kappa shape index (κ1) is 14.0. The number of sulfonamides is 1. The maximum Gasteiger partial charge on any atom is 0.240 e. The van der Waals surface area contributed by atoms with Gasteiger partial charge in [0.25, 0.3) is 0 Å². The van der Waals surface area contributed by atoms with E-state index in [0.29, 0.717) is 6.54 Å². The van der Waals surface area contributed by atoms with Crippen LogP contribution in [0.2, 0.25) is 0 Å². The summed E-state index contributed by atoms with van der Waals surface area (Å²) in [5.74, 6) is 0. The van der Waals surface area contributed by atoms with Gasteiger partial charge in [-0.25, -0.2) is 18.1 Å². The average molecular weight is 282 g/mol. The molecule has 2 rings (SSSR count). The van der Waals surface area contributed by atoms with E-state index in [1.54, 1.807) is 24.5 Å². The highest BCUT2D eigenvalue weighted by atomic mass is 32.2. The summed E-state index contributed by atoms with van der Waals surface area (Å²) in [5, 5.41) is 0. The molecule has 0 unspecified atom stereocenters. The van der Waals surface area contributed by atoms with E-state index in [9.17, 15) is 8.42 Å². The normalized spacial score (nSPS) is 12.4. The molecule has 0 atom stereocenters. The summed E-state index contributed by atoms with van der Waals surface area (Å²) in [5.41, 5.74) is 1.47. The molecule has 2 aromatic rings. The highest BCUT2D eigenvalue weighted by Gasteiger charge is 2.14. The summed E-state index contributed by atoms with van der Waals surface area (Å²) < 4.78 is 26.8. The number of hydrogen-bond donors (Lipinski definition) is 2. The molecular formula is C12H18N4O2S. The fourth-order valence-electron chi connectivity index (χ4n) is 1.77. The number of aromatic amines is 1. The molecule has 0 amide bonds. The van der Waals surface area contributed by atoms with Gasteiger partial charge in [0.15, 0.2) is 0 Å². The van der Waals surface area contributed by atoms with Gasteiger partial charge in [0.2, 0.25) is 10.0 Å². The average Bonchev–Trinajstić information content (AvgIpc) is 2.81. The first-order valence-corrected chi connectivity index (χ1v) is 7.55. The minimum Gasteiger partial charge on any atom is -0.345 e. The highest BCUT2D eigenvalue weighted by molar-refractivity contribution is 7.89. The first-order valence-electron chi connectivity index (χ1n) is 6.06. The second kappa shape index (κ2) is 5.68. The van der Waals surface area contributed by atoms with Gasteiger partial charge >= 0.3 is 0 Å². The number of H-pyrrole nitrogens is 1. The summed E-state index contributed by atoms with van der Waals surface area (Å²) in [4.78, 5) is 9.24. The second-order valence-electron chi connectivity index (χ2n) is 4.64. The first-order chi connectivity index (χ1) is 8.99. The monoisotopic (exact) mass is 282 g/mol. The Morgan fingerprint density at radius 2 is 2.16 bits per heavy atom. The van der Waals surface area contributed by atoms with Crippen molar-refractivity contribution in [3.05, 3.63) is 24.5 Å². The standard InChI is InChI=1S/C12H18N4O2S/c1-16(2)7-3-6-15-19(17,18)10-4-5-11-12(8-10)14-9-13-11/h4-5,8-9,15H,3,6-7H2,1-2H3,(H,13,14). The largest absolute Gasteiger partial charge is 0.345 e. The third-order valence-electron chi connectivity index (χ3n) is 2.78. The molecule has 104 valence electrons. The Bertz CT molecular complexity index is 649. The van der Waals surface area contributed by atoms with E-state index >= 15 is 0 Å². The molecule has 0 saturated carbocycles. The van der Waals surface area contributed by atoms with Crippen LogP contribution in [0.1, 0.15) is 6.42 Å². The molecule has 0 bridgehead atoms.